The number of hydrogen-bond donors (Lipinski definition) is 1. The minimum absolute atomic E-state index is 0.334. The summed E-state index contributed by atoms with van der Waals surface area (Å²) in [5.74, 6) is 2.61. The number of nitrogens with zero attached hydrogens (tertiary/aromatic N) is 2. The molecule has 0 spiro atoms. The molecule has 168 valence electrons. The zero-order valence-electron chi connectivity index (χ0n) is 19.2. The van der Waals surface area contributed by atoms with E-state index in [4.69, 9.17) is 4.52 Å². The van der Waals surface area contributed by atoms with E-state index in [-0.39, 0.29) is 0 Å². The SMILES string of the molecule is CC(NC1CCC[C@H](c2ccc(-c3noc(C4CC4)n3)cc2)C1)c1cccc2ccccc12. The van der Waals surface area contributed by atoms with Crippen LogP contribution in [0.4, 0.5) is 0 Å². The summed E-state index contributed by atoms with van der Waals surface area (Å²) < 4.78 is 5.43. The Morgan fingerprint density at radius 2 is 1.70 bits per heavy atom. The van der Waals surface area contributed by atoms with Gasteiger partial charge in [0.2, 0.25) is 11.7 Å². The number of fused-ring (bicyclic) bond motifs is 1. The molecule has 0 radical (unpaired) electrons. The second-order valence-electron chi connectivity index (χ2n) is 9.87. The molecule has 33 heavy (non-hydrogen) atoms. The summed E-state index contributed by atoms with van der Waals surface area (Å²) in [6.45, 7) is 2.31. The highest BCUT2D eigenvalue weighted by Gasteiger charge is 2.30. The Kier molecular flexibility index (Phi) is 5.47. The summed E-state index contributed by atoms with van der Waals surface area (Å²) in [6.07, 6.45) is 7.31. The van der Waals surface area contributed by atoms with Crippen molar-refractivity contribution in [3.05, 3.63) is 83.7 Å². The number of aromatic nitrogens is 2. The highest BCUT2D eigenvalue weighted by Crippen LogP contribution is 2.40. The van der Waals surface area contributed by atoms with Crippen molar-refractivity contribution in [2.75, 3.05) is 0 Å². The van der Waals surface area contributed by atoms with Crippen LogP contribution < -0.4 is 5.32 Å². The second kappa shape index (κ2) is 8.75. The van der Waals surface area contributed by atoms with Crippen LogP contribution in [0.2, 0.25) is 0 Å². The van der Waals surface area contributed by atoms with Crippen molar-refractivity contribution in [2.45, 2.75) is 69.4 Å². The lowest BCUT2D eigenvalue weighted by atomic mass is 9.80. The average molecular weight is 438 g/mol. The molecule has 2 aliphatic carbocycles. The average Bonchev–Trinajstić information content (AvgIpc) is 3.60. The van der Waals surface area contributed by atoms with Crippen LogP contribution in [-0.2, 0) is 0 Å². The molecule has 2 fully saturated rings. The van der Waals surface area contributed by atoms with E-state index in [1.165, 1.54) is 60.4 Å². The van der Waals surface area contributed by atoms with Crippen LogP contribution in [0.15, 0.2) is 71.3 Å². The largest absolute Gasteiger partial charge is 0.339 e. The van der Waals surface area contributed by atoms with Gasteiger partial charge in [-0.25, -0.2) is 0 Å². The van der Waals surface area contributed by atoms with E-state index in [9.17, 15) is 0 Å². The topological polar surface area (TPSA) is 51.0 Å². The Morgan fingerprint density at radius 1 is 0.879 bits per heavy atom. The monoisotopic (exact) mass is 437 g/mol. The third-order valence-electron chi connectivity index (χ3n) is 7.46. The second-order valence-corrected chi connectivity index (χ2v) is 9.87. The number of hydrogen-bond acceptors (Lipinski definition) is 4. The lowest BCUT2D eigenvalue weighted by Crippen LogP contribution is -2.35. The maximum atomic E-state index is 5.43. The number of benzene rings is 3. The van der Waals surface area contributed by atoms with Gasteiger partial charge >= 0.3 is 0 Å². The van der Waals surface area contributed by atoms with Gasteiger partial charge in [0.25, 0.3) is 0 Å². The van der Waals surface area contributed by atoms with Crippen molar-refractivity contribution >= 4 is 10.8 Å². The summed E-state index contributed by atoms with van der Waals surface area (Å²) >= 11 is 0. The van der Waals surface area contributed by atoms with Gasteiger partial charge in [-0.15, -0.1) is 0 Å². The van der Waals surface area contributed by atoms with Gasteiger partial charge in [-0.05, 0) is 66.8 Å². The summed E-state index contributed by atoms with van der Waals surface area (Å²) in [5, 5.41) is 10.8. The Hall–Kier alpha value is -2.98. The first kappa shape index (κ1) is 20.6. The first-order valence-corrected chi connectivity index (χ1v) is 12.4. The lowest BCUT2D eigenvalue weighted by Gasteiger charge is -2.32. The smallest absolute Gasteiger partial charge is 0.230 e. The number of rotatable bonds is 6. The predicted octanol–water partition coefficient (Wildman–Crippen LogP) is 7.14. The van der Waals surface area contributed by atoms with E-state index >= 15 is 0 Å². The van der Waals surface area contributed by atoms with Crippen LogP contribution in [-0.4, -0.2) is 16.2 Å². The third kappa shape index (κ3) is 4.32. The molecular weight excluding hydrogens is 406 g/mol. The van der Waals surface area contributed by atoms with Crippen molar-refractivity contribution < 1.29 is 4.52 Å². The van der Waals surface area contributed by atoms with E-state index in [1.807, 2.05) is 0 Å². The van der Waals surface area contributed by atoms with Crippen LogP contribution in [0.1, 0.15) is 80.3 Å². The highest BCUT2D eigenvalue weighted by molar-refractivity contribution is 5.86. The maximum Gasteiger partial charge on any atom is 0.230 e. The minimum Gasteiger partial charge on any atom is -0.339 e. The molecule has 4 heteroatoms. The quantitative estimate of drug-likeness (QED) is 0.348. The molecule has 6 rings (SSSR count). The van der Waals surface area contributed by atoms with Crippen molar-refractivity contribution in [3.63, 3.8) is 0 Å². The molecule has 0 aliphatic heterocycles. The van der Waals surface area contributed by atoms with Gasteiger partial charge < -0.3 is 9.84 Å². The molecule has 3 aromatic carbocycles. The van der Waals surface area contributed by atoms with Crippen LogP contribution >= 0.6 is 0 Å². The summed E-state index contributed by atoms with van der Waals surface area (Å²) in [7, 11) is 0. The standard InChI is InChI=1S/C29H31N3O/c1-19(26-11-5-7-21-6-2-3-10-27(21)26)30-25-9-4-8-24(18-25)20-12-14-22(15-13-20)28-31-29(33-32-28)23-16-17-23/h2-3,5-7,10-15,19,23-25,30H,4,8-9,16-18H2,1H3/t19?,24-,25?/m0/s1. The van der Waals surface area contributed by atoms with Gasteiger partial charge in [-0.3, -0.25) is 0 Å². The summed E-state index contributed by atoms with van der Waals surface area (Å²) in [5.41, 5.74) is 3.86. The minimum atomic E-state index is 0.334. The van der Waals surface area contributed by atoms with Gasteiger partial charge in [0.15, 0.2) is 0 Å². The first-order valence-electron chi connectivity index (χ1n) is 12.4. The zero-order chi connectivity index (χ0) is 22.2. The van der Waals surface area contributed by atoms with E-state index in [1.54, 1.807) is 0 Å². The molecular formula is C29H31N3O. The van der Waals surface area contributed by atoms with E-state index in [2.05, 4.69) is 89.1 Å². The molecule has 2 unspecified atom stereocenters. The Labute approximate surface area is 195 Å². The van der Waals surface area contributed by atoms with Gasteiger partial charge in [-0.2, -0.15) is 4.98 Å². The molecule has 2 saturated carbocycles. The Balaban J connectivity index is 1.13. The molecule has 1 heterocycles. The van der Waals surface area contributed by atoms with E-state index < -0.39 is 0 Å². The van der Waals surface area contributed by atoms with Crippen LogP contribution in [0.3, 0.4) is 0 Å². The molecule has 4 nitrogen and oxygen atoms in total. The van der Waals surface area contributed by atoms with Crippen molar-refractivity contribution in [1.82, 2.24) is 15.5 Å². The lowest BCUT2D eigenvalue weighted by molar-refractivity contribution is 0.319. The normalized spacial score (nSPS) is 21.8. The molecule has 2 aliphatic rings. The van der Waals surface area contributed by atoms with Crippen LogP contribution in [0, 0.1) is 0 Å². The summed E-state index contributed by atoms with van der Waals surface area (Å²) in [4.78, 5) is 4.59. The van der Waals surface area contributed by atoms with E-state index in [0.717, 1.165) is 17.3 Å². The van der Waals surface area contributed by atoms with Gasteiger partial charge in [0, 0.05) is 23.6 Å². The molecule has 4 aromatic rings. The van der Waals surface area contributed by atoms with Gasteiger partial charge in [-0.1, -0.05) is 78.3 Å². The summed E-state index contributed by atoms with van der Waals surface area (Å²) in [6, 6.07) is 25.1. The number of nitrogens with one attached hydrogen (secondary N) is 1. The van der Waals surface area contributed by atoms with Crippen molar-refractivity contribution in [3.8, 4) is 11.4 Å². The fraction of sp³-hybridized carbons (Fsp3) is 0.379. The van der Waals surface area contributed by atoms with Gasteiger partial charge in [0.1, 0.15) is 0 Å². The molecule has 3 atom stereocenters. The molecule has 1 aromatic heterocycles. The van der Waals surface area contributed by atoms with Crippen LogP contribution in [0.5, 0.6) is 0 Å². The third-order valence-corrected chi connectivity index (χ3v) is 7.46. The molecule has 0 bridgehead atoms. The zero-order valence-corrected chi connectivity index (χ0v) is 19.2. The Bertz CT molecular complexity index is 1240. The fourth-order valence-corrected chi connectivity index (χ4v) is 5.47. The molecule has 0 amide bonds. The maximum absolute atomic E-state index is 5.43. The van der Waals surface area contributed by atoms with Crippen molar-refractivity contribution in [1.29, 1.82) is 0 Å². The van der Waals surface area contributed by atoms with Crippen LogP contribution in [0.25, 0.3) is 22.2 Å². The highest BCUT2D eigenvalue weighted by atomic mass is 16.5. The van der Waals surface area contributed by atoms with E-state index in [0.29, 0.717) is 23.9 Å². The van der Waals surface area contributed by atoms with Gasteiger partial charge in [0.05, 0.1) is 0 Å². The predicted molar refractivity (Wildman–Crippen MR) is 132 cm³/mol. The Morgan fingerprint density at radius 3 is 2.55 bits per heavy atom. The first-order chi connectivity index (χ1) is 16.2. The molecule has 0 saturated heterocycles. The fourth-order valence-electron chi connectivity index (χ4n) is 5.47. The molecule has 1 N–H and O–H groups in total. The van der Waals surface area contributed by atoms with Crippen molar-refractivity contribution in [2.24, 2.45) is 0 Å².